The van der Waals surface area contributed by atoms with Crippen LogP contribution in [0.2, 0.25) is 0 Å². The highest BCUT2D eigenvalue weighted by molar-refractivity contribution is 5.91. The Morgan fingerprint density at radius 2 is 2.28 bits per heavy atom. The van der Waals surface area contributed by atoms with Crippen LogP contribution in [0.5, 0.6) is 0 Å². The van der Waals surface area contributed by atoms with Crippen LogP contribution in [-0.4, -0.2) is 40.4 Å². The van der Waals surface area contributed by atoms with Crippen LogP contribution in [-0.2, 0) is 4.79 Å². The second-order valence-electron chi connectivity index (χ2n) is 6.42. The predicted octanol–water partition coefficient (Wildman–Crippen LogP) is 3.13. The molecule has 0 spiro atoms. The van der Waals surface area contributed by atoms with Gasteiger partial charge in [-0.25, -0.2) is 9.37 Å². The van der Waals surface area contributed by atoms with Gasteiger partial charge in [-0.15, -0.1) is 0 Å². The number of fused-ring (bicyclic) bond motifs is 1. The van der Waals surface area contributed by atoms with Gasteiger partial charge in [0.1, 0.15) is 11.6 Å². The van der Waals surface area contributed by atoms with E-state index < -0.39 is 0 Å². The van der Waals surface area contributed by atoms with Gasteiger partial charge in [0.15, 0.2) is 0 Å². The zero-order valence-electron chi connectivity index (χ0n) is 13.7. The van der Waals surface area contributed by atoms with Gasteiger partial charge < -0.3 is 10.3 Å². The van der Waals surface area contributed by atoms with Gasteiger partial charge in [0, 0.05) is 29.8 Å². The summed E-state index contributed by atoms with van der Waals surface area (Å²) in [7, 11) is 0. The lowest BCUT2D eigenvalue weighted by Crippen LogP contribution is -2.31. The molecule has 1 amide bonds. The summed E-state index contributed by atoms with van der Waals surface area (Å²) in [6, 6.07) is 10.3. The maximum Gasteiger partial charge on any atom is 0.239 e. The summed E-state index contributed by atoms with van der Waals surface area (Å²) in [5.41, 5.74) is 2.02. The molecule has 2 aromatic heterocycles. The Morgan fingerprint density at radius 3 is 3.12 bits per heavy atom. The van der Waals surface area contributed by atoms with Crippen molar-refractivity contribution in [1.29, 1.82) is 0 Å². The number of benzene rings is 1. The van der Waals surface area contributed by atoms with E-state index in [0.717, 1.165) is 30.4 Å². The third-order valence-corrected chi connectivity index (χ3v) is 4.69. The van der Waals surface area contributed by atoms with Crippen molar-refractivity contribution in [3.05, 3.63) is 60.2 Å². The molecule has 0 saturated carbocycles. The van der Waals surface area contributed by atoms with Crippen LogP contribution in [0.4, 0.5) is 10.2 Å². The second-order valence-corrected chi connectivity index (χ2v) is 6.42. The van der Waals surface area contributed by atoms with Crippen LogP contribution >= 0.6 is 0 Å². The molecule has 0 radical (unpaired) electrons. The van der Waals surface area contributed by atoms with Gasteiger partial charge >= 0.3 is 0 Å². The first-order valence-corrected chi connectivity index (χ1v) is 8.39. The van der Waals surface area contributed by atoms with Crippen LogP contribution in [0.3, 0.4) is 0 Å². The highest BCUT2D eigenvalue weighted by Gasteiger charge is 2.27. The first kappa shape index (κ1) is 15.8. The van der Waals surface area contributed by atoms with Gasteiger partial charge in [0.2, 0.25) is 5.91 Å². The molecule has 5 nitrogen and oxygen atoms in total. The summed E-state index contributed by atoms with van der Waals surface area (Å²) >= 11 is 0. The van der Waals surface area contributed by atoms with Gasteiger partial charge in [-0.2, -0.15) is 0 Å². The minimum atomic E-state index is -0.236. The predicted molar refractivity (Wildman–Crippen MR) is 94.9 cm³/mol. The molecule has 1 saturated heterocycles. The molecule has 25 heavy (non-hydrogen) atoms. The van der Waals surface area contributed by atoms with Crippen LogP contribution in [0, 0.1) is 5.82 Å². The van der Waals surface area contributed by atoms with E-state index in [1.54, 1.807) is 12.3 Å². The molecule has 1 fully saturated rings. The van der Waals surface area contributed by atoms with Crippen molar-refractivity contribution in [3.8, 4) is 0 Å². The zero-order valence-corrected chi connectivity index (χ0v) is 13.7. The highest BCUT2D eigenvalue weighted by Crippen LogP contribution is 2.32. The number of nitrogens with one attached hydrogen (secondary N) is 2. The molecule has 3 heterocycles. The quantitative estimate of drug-likeness (QED) is 0.768. The molecule has 128 valence electrons. The summed E-state index contributed by atoms with van der Waals surface area (Å²) in [6.45, 7) is 2.04. The number of pyridine rings is 1. The fourth-order valence-corrected chi connectivity index (χ4v) is 3.51. The summed E-state index contributed by atoms with van der Waals surface area (Å²) in [5.74, 6) is 0.629. The number of likely N-dealkylation sites (tertiary alicyclic amines) is 1. The van der Waals surface area contributed by atoms with Gasteiger partial charge in [0.25, 0.3) is 0 Å². The largest absolute Gasteiger partial charge is 0.361 e. The Labute approximate surface area is 144 Å². The number of aromatic nitrogens is 2. The van der Waals surface area contributed by atoms with Crippen molar-refractivity contribution in [1.82, 2.24) is 14.9 Å². The summed E-state index contributed by atoms with van der Waals surface area (Å²) in [5, 5.41) is 3.88. The van der Waals surface area contributed by atoms with E-state index >= 15 is 0 Å². The normalized spacial score (nSPS) is 17.9. The van der Waals surface area contributed by atoms with Crippen molar-refractivity contribution in [2.75, 3.05) is 25.0 Å². The molecule has 1 unspecified atom stereocenters. The number of hydrogen-bond donors (Lipinski definition) is 2. The fraction of sp³-hybridized carbons (Fsp3) is 0.263. The van der Waals surface area contributed by atoms with Crippen molar-refractivity contribution in [2.24, 2.45) is 0 Å². The Hall–Kier alpha value is -2.73. The van der Waals surface area contributed by atoms with E-state index in [1.165, 1.54) is 17.7 Å². The molecule has 1 aliphatic rings. The second kappa shape index (κ2) is 6.64. The molecule has 1 aliphatic heterocycles. The van der Waals surface area contributed by atoms with Gasteiger partial charge in [-0.05, 0) is 54.8 Å². The first-order chi connectivity index (χ1) is 12.2. The number of anilines is 1. The SMILES string of the molecule is O=C(CN1CCC(c2c[nH]c3cc(F)ccc23)C1)Nc1ccccn1. The Bertz CT molecular complexity index is 893. The first-order valence-electron chi connectivity index (χ1n) is 8.39. The number of carbonyl (C=O) groups excluding carboxylic acids is 1. The monoisotopic (exact) mass is 338 g/mol. The molecule has 2 N–H and O–H groups in total. The number of amides is 1. The van der Waals surface area contributed by atoms with E-state index in [-0.39, 0.29) is 11.7 Å². The van der Waals surface area contributed by atoms with E-state index in [0.29, 0.717) is 18.3 Å². The maximum absolute atomic E-state index is 13.3. The standard InChI is InChI=1S/C19H19FN4O/c20-14-4-5-15-16(10-22-17(15)9-14)13-6-8-24(11-13)12-19(25)23-18-3-1-2-7-21-18/h1-5,7,9-10,13,22H,6,8,11-12H2,(H,21,23,25). The Morgan fingerprint density at radius 1 is 1.36 bits per heavy atom. The van der Waals surface area contributed by atoms with Gasteiger partial charge in [-0.1, -0.05) is 6.07 Å². The fourth-order valence-electron chi connectivity index (χ4n) is 3.51. The van der Waals surface area contributed by atoms with Crippen LogP contribution < -0.4 is 5.32 Å². The van der Waals surface area contributed by atoms with Crippen LogP contribution in [0.1, 0.15) is 17.9 Å². The number of H-pyrrole nitrogens is 1. The molecular weight excluding hydrogens is 319 g/mol. The molecule has 4 rings (SSSR count). The summed E-state index contributed by atoms with van der Waals surface area (Å²) in [4.78, 5) is 21.6. The molecule has 6 heteroatoms. The number of hydrogen-bond acceptors (Lipinski definition) is 3. The average Bonchev–Trinajstić information content (AvgIpc) is 3.21. The summed E-state index contributed by atoms with van der Waals surface area (Å²) < 4.78 is 13.3. The third-order valence-electron chi connectivity index (χ3n) is 4.69. The lowest BCUT2D eigenvalue weighted by molar-refractivity contribution is -0.117. The zero-order chi connectivity index (χ0) is 17.2. The van der Waals surface area contributed by atoms with E-state index in [2.05, 4.69) is 20.2 Å². The minimum absolute atomic E-state index is 0.0552. The van der Waals surface area contributed by atoms with Crippen LogP contribution in [0.15, 0.2) is 48.8 Å². The minimum Gasteiger partial charge on any atom is -0.361 e. The lowest BCUT2D eigenvalue weighted by atomic mass is 9.98. The highest BCUT2D eigenvalue weighted by atomic mass is 19.1. The smallest absolute Gasteiger partial charge is 0.239 e. The number of halogens is 1. The van der Waals surface area contributed by atoms with Crippen LogP contribution in [0.25, 0.3) is 10.9 Å². The molecule has 0 aliphatic carbocycles. The van der Waals surface area contributed by atoms with Gasteiger partial charge in [-0.3, -0.25) is 9.69 Å². The third kappa shape index (κ3) is 3.39. The average molecular weight is 338 g/mol. The number of rotatable bonds is 4. The maximum atomic E-state index is 13.3. The van der Waals surface area contributed by atoms with Gasteiger partial charge in [0.05, 0.1) is 6.54 Å². The molecule has 3 aromatic rings. The van der Waals surface area contributed by atoms with Crippen molar-refractivity contribution in [2.45, 2.75) is 12.3 Å². The molecule has 0 bridgehead atoms. The Kier molecular flexibility index (Phi) is 4.19. The topological polar surface area (TPSA) is 61.0 Å². The van der Waals surface area contributed by atoms with Crippen molar-refractivity contribution < 1.29 is 9.18 Å². The van der Waals surface area contributed by atoms with Crippen molar-refractivity contribution in [3.63, 3.8) is 0 Å². The number of aromatic amines is 1. The number of carbonyl (C=O) groups is 1. The lowest BCUT2D eigenvalue weighted by Gasteiger charge is -2.15. The molecular formula is C19H19FN4O. The summed E-state index contributed by atoms with van der Waals surface area (Å²) in [6.07, 6.45) is 4.61. The molecule has 1 aromatic carbocycles. The van der Waals surface area contributed by atoms with Crippen molar-refractivity contribution >= 4 is 22.6 Å². The Balaban J connectivity index is 1.40. The van der Waals surface area contributed by atoms with E-state index in [4.69, 9.17) is 0 Å². The van der Waals surface area contributed by atoms with E-state index in [1.807, 2.05) is 24.4 Å². The van der Waals surface area contributed by atoms with E-state index in [9.17, 15) is 9.18 Å². The number of nitrogens with zero attached hydrogens (tertiary/aromatic N) is 2. The molecule has 1 atom stereocenters.